The summed E-state index contributed by atoms with van der Waals surface area (Å²) in [5, 5.41) is 23.3. The van der Waals surface area contributed by atoms with E-state index < -0.39 is 12.1 Å². The molecule has 0 aromatic heterocycles. The molecule has 4 nitrogen and oxygen atoms in total. The molecule has 0 radical (unpaired) electrons. The molecule has 0 aliphatic carbocycles. The Morgan fingerprint density at radius 2 is 0.672 bits per heavy atom. The van der Waals surface area contributed by atoms with Crippen molar-refractivity contribution in [2.45, 2.75) is 328 Å². The molecule has 0 saturated carbocycles. The lowest BCUT2D eigenvalue weighted by molar-refractivity contribution is -0.123. The zero-order valence-corrected chi connectivity index (χ0v) is 41.7. The summed E-state index contributed by atoms with van der Waals surface area (Å²) >= 11 is 0. The molecule has 61 heavy (non-hydrogen) atoms. The van der Waals surface area contributed by atoms with E-state index in [-0.39, 0.29) is 12.5 Å². The number of rotatable bonds is 52. The second-order valence-electron chi connectivity index (χ2n) is 19.4. The van der Waals surface area contributed by atoms with Gasteiger partial charge in [0.1, 0.15) is 0 Å². The van der Waals surface area contributed by atoms with Gasteiger partial charge < -0.3 is 15.5 Å². The maximum absolute atomic E-state index is 12.5. The summed E-state index contributed by atoms with van der Waals surface area (Å²) in [6.45, 7) is 4.36. The maximum Gasteiger partial charge on any atom is 0.220 e. The molecule has 0 bridgehead atoms. The Morgan fingerprint density at radius 1 is 0.393 bits per heavy atom. The Kier molecular flexibility index (Phi) is 52.2. The maximum atomic E-state index is 12.5. The summed E-state index contributed by atoms with van der Waals surface area (Å²) in [4.78, 5) is 12.5. The number of aliphatic hydroxyl groups excluding tert-OH is 2. The normalized spacial score (nSPS) is 12.9. The van der Waals surface area contributed by atoms with Gasteiger partial charge in [0, 0.05) is 6.42 Å². The van der Waals surface area contributed by atoms with Gasteiger partial charge in [-0.3, -0.25) is 4.79 Å². The first-order valence-corrected chi connectivity index (χ1v) is 28.0. The third-order valence-electron chi connectivity index (χ3n) is 13.2. The number of nitrogens with one attached hydrogen (secondary N) is 1. The monoisotopic (exact) mass is 858 g/mol. The van der Waals surface area contributed by atoms with E-state index in [4.69, 9.17) is 0 Å². The lowest BCUT2D eigenvalue weighted by Gasteiger charge is -2.22. The molecule has 0 rings (SSSR count). The number of carbonyl (C=O) groups is 1. The standard InChI is InChI=1S/C57H111NO3/c1-3-5-7-9-11-13-15-17-19-21-22-23-24-25-26-27-28-29-30-31-32-33-34-35-37-38-40-42-44-46-48-50-52-56(60)55(54-59)58-57(61)53-51-49-47-45-43-41-39-36-20-18-16-14-12-10-8-6-4-2/h12,14,18,20,55-56,59-60H,3-11,13,15-17,19,21-54H2,1-2H3,(H,58,61)/b14-12-,20-18-. The van der Waals surface area contributed by atoms with Gasteiger partial charge >= 0.3 is 0 Å². The van der Waals surface area contributed by atoms with Crippen LogP contribution < -0.4 is 5.32 Å². The van der Waals surface area contributed by atoms with Crippen molar-refractivity contribution in [2.75, 3.05) is 6.61 Å². The average Bonchev–Trinajstić information content (AvgIpc) is 3.26. The van der Waals surface area contributed by atoms with Crippen LogP contribution in [0.15, 0.2) is 24.3 Å². The summed E-state index contributed by atoms with van der Waals surface area (Å²) in [5.41, 5.74) is 0. The van der Waals surface area contributed by atoms with Crippen LogP contribution in [0.25, 0.3) is 0 Å². The lowest BCUT2D eigenvalue weighted by Crippen LogP contribution is -2.45. The zero-order chi connectivity index (χ0) is 44.2. The fourth-order valence-electron chi connectivity index (χ4n) is 8.92. The highest BCUT2D eigenvalue weighted by molar-refractivity contribution is 5.76. The Bertz CT molecular complexity index is 886. The highest BCUT2D eigenvalue weighted by Gasteiger charge is 2.20. The van der Waals surface area contributed by atoms with Gasteiger partial charge in [-0.1, -0.05) is 289 Å². The molecule has 2 atom stereocenters. The number of amides is 1. The predicted molar refractivity (Wildman–Crippen MR) is 272 cm³/mol. The Morgan fingerprint density at radius 3 is 1.02 bits per heavy atom. The number of hydrogen-bond acceptors (Lipinski definition) is 3. The lowest BCUT2D eigenvalue weighted by atomic mass is 10.0. The van der Waals surface area contributed by atoms with Crippen molar-refractivity contribution in [3.63, 3.8) is 0 Å². The fraction of sp³-hybridized carbons (Fsp3) is 0.912. The number of unbranched alkanes of at least 4 members (excludes halogenated alkanes) is 41. The minimum Gasteiger partial charge on any atom is -0.394 e. The summed E-state index contributed by atoms with van der Waals surface area (Å²) in [5.74, 6) is -0.0354. The van der Waals surface area contributed by atoms with Crippen LogP contribution in [-0.4, -0.2) is 34.9 Å². The van der Waals surface area contributed by atoms with E-state index in [0.29, 0.717) is 12.8 Å². The molecule has 2 unspecified atom stereocenters. The van der Waals surface area contributed by atoms with Crippen LogP contribution in [0.5, 0.6) is 0 Å². The molecule has 0 saturated heterocycles. The molecule has 0 spiro atoms. The molecule has 4 heteroatoms. The van der Waals surface area contributed by atoms with E-state index in [1.165, 1.54) is 257 Å². The van der Waals surface area contributed by atoms with Crippen LogP contribution >= 0.6 is 0 Å². The number of aliphatic hydroxyl groups is 2. The van der Waals surface area contributed by atoms with E-state index in [1.807, 2.05) is 0 Å². The molecule has 1 amide bonds. The van der Waals surface area contributed by atoms with Gasteiger partial charge in [-0.15, -0.1) is 0 Å². The van der Waals surface area contributed by atoms with Crippen LogP contribution in [0.3, 0.4) is 0 Å². The molecule has 0 fully saturated rings. The van der Waals surface area contributed by atoms with Crippen molar-refractivity contribution < 1.29 is 15.0 Å². The summed E-state index contributed by atoms with van der Waals surface area (Å²) in [7, 11) is 0. The zero-order valence-electron chi connectivity index (χ0n) is 41.7. The van der Waals surface area contributed by atoms with Crippen molar-refractivity contribution in [1.82, 2.24) is 5.32 Å². The van der Waals surface area contributed by atoms with Crippen LogP contribution in [0.4, 0.5) is 0 Å². The van der Waals surface area contributed by atoms with Crippen LogP contribution in [-0.2, 0) is 4.79 Å². The van der Waals surface area contributed by atoms with Crippen LogP contribution in [0.2, 0.25) is 0 Å². The second kappa shape index (κ2) is 53.2. The summed E-state index contributed by atoms with van der Waals surface area (Å²) < 4.78 is 0. The first kappa shape index (κ1) is 59.9. The van der Waals surface area contributed by atoms with E-state index in [2.05, 4.69) is 43.5 Å². The van der Waals surface area contributed by atoms with Crippen molar-refractivity contribution in [2.24, 2.45) is 0 Å². The van der Waals surface area contributed by atoms with Gasteiger partial charge in [0.25, 0.3) is 0 Å². The first-order valence-electron chi connectivity index (χ1n) is 28.0. The smallest absolute Gasteiger partial charge is 0.220 e. The van der Waals surface area contributed by atoms with Crippen molar-refractivity contribution >= 4 is 5.91 Å². The van der Waals surface area contributed by atoms with Gasteiger partial charge in [-0.25, -0.2) is 0 Å². The molecule has 362 valence electrons. The van der Waals surface area contributed by atoms with Crippen molar-refractivity contribution in [1.29, 1.82) is 0 Å². The van der Waals surface area contributed by atoms with Gasteiger partial charge in [0.05, 0.1) is 18.8 Å². The van der Waals surface area contributed by atoms with E-state index in [1.54, 1.807) is 0 Å². The third-order valence-corrected chi connectivity index (χ3v) is 13.2. The quantitative estimate of drug-likeness (QED) is 0.0422. The number of allylic oxidation sites excluding steroid dienone is 4. The molecule has 0 heterocycles. The van der Waals surface area contributed by atoms with Crippen LogP contribution in [0.1, 0.15) is 316 Å². The van der Waals surface area contributed by atoms with Gasteiger partial charge in [0.2, 0.25) is 5.91 Å². The third kappa shape index (κ3) is 49.7. The van der Waals surface area contributed by atoms with Gasteiger partial charge in [-0.05, 0) is 44.9 Å². The fourth-order valence-corrected chi connectivity index (χ4v) is 8.92. The Balaban J connectivity index is 3.40. The Labute approximate surface area is 383 Å². The van der Waals surface area contributed by atoms with Crippen LogP contribution in [0, 0.1) is 0 Å². The van der Waals surface area contributed by atoms with Crippen molar-refractivity contribution in [3.05, 3.63) is 24.3 Å². The summed E-state index contributed by atoms with van der Waals surface area (Å²) in [6, 6.07) is -0.540. The molecule has 0 aliphatic rings. The second-order valence-corrected chi connectivity index (χ2v) is 19.4. The molecule has 0 aliphatic heterocycles. The highest BCUT2D eigenvalue weighted by Crippen LogP contribution is 2.18. The molecule has 0 aromatic rings. The molecule has 0 aromatic carbocycles. The van der Waals surface area contributed by atoms with Gasteiger partial charge in [-0.2, -0.15) is 0 Å². The average molecular weight is 859 g/mol. The molecular weight excluding hydrogens is 747 g/mol. The van der Waals surface area contributed by atoms with E-state index in [0.717, 1.165) is 32.1 Å². The topological polar surface area (TPSA) is 69.6 Å². The van der Waals surface area contributed by atoms with Crippen molar-refractivity contribution in [3.8, 4) is 0 Å². The molecular formula is C57H111NO3. The van der Waals surface area contributed by atoms with E-state index >= 15 is 0 Å². The largest absolute Gasteiger partial charge is 0.394 e. The predicted octanol–water partition coefficient (Wildman–Crippen LogP) is 18.3. The summed E-state index contributed by atoms with van der Waals surface area (Å²) in [6.07, 6.45) is 70.3. The van der Waals surface area contributed by atoms with E-state index in [9.17, 15) is 15.0 Å². The number of hydrogen-bond donors (Lipinski definition) is 3. The number of carbonyl (C=O) groups excluding carboxylic acids is 1. The Hall–Kier alpha value is -1.13. The first-order chi connectivity index (χ1) is 30.2. The minimum atomic E-state index is -0.663. The molecule has 3 N–H and O–H groups in total. The SMILES string of the molecule is CCCCC/C=C\C/C=C\CCCCCCCCCC(=O)NC(CO)C(O)CCCCCCCCCCCCCCCCCCCCCCCCCCCCCCCCCC. The highest BCUT2D eigenvalue weighted by atomic mass is 16.3. The van der Waals surface area contributed by atoms with Gasteiger partial charge in [0.15, 0.2) is 0 Å². The minimum absolute atomic E-state index is 0.0354.